The zero-order chi connectivity index (χ0) is 21.1. The van der Waals surface area contributed by atoms with Gasteiger partial charge in [0.25, 0.3) is 5.91 Å². The molecule has 3 N–H and O–H groups in total. The maximum Gasteiger partial charge on any atom is 0.257 e. The van der Waals surface area contributed by atoms with Crippen molar-refractivity contribution >= 4 is 40.5 Å². The van der Waals surface area contributed by atoms with Crippen LogP contribution >= 0.6 is 12.2 Å². The van der Waals surface area contributed by atoms with Crippen LogP contribution in [-0.4, -0.2) is 23.5 Å². The van der Waals surface area contributed by atoms with Gasteiger partial charge in [-0.2, -0.15) is 0 Å². The largest absolute Gasteiger partial charge is 0.494 e. The van der Waals surface area contributed by atoms with Crippen LogP contribution in [0.4, 0.5) is 11.4 Å². The van der Waals surface area contributed by atoms with E-state index in [1.54, 1.807) is 42.5 Å². The Labute approximate surface area is 177 Å². The van der Waals surface area contributed by atoms with Crippen LogP contribution in [0.1, 0.15) is 49.9 Å². The molecule has 0 atom stereocenters. The van der Waals surface area contributed by atoms with Crippen LogP contribution in [0, 0.1) is 0 Å². The second kappa shape index (κ2) is 11.8. The number of rotatable bonds is 9. The molecule has 0 spiro atoms. The van der Waals surface area contributed by atoms with E-state index in [1.807, 2.05) is 13.0 Å². The number of carbonyl (C=O) groups is 2. The summed E-state index contributed by atoms with van der Waals surface area (Å²) in [6.07, 6.45) is 3.49. The lowest BCUT2D eigenvalue weighted by Gasteiger charge is -2.12. The highest BCUT2D eigenvalue weighted by Gasteiger charge is 2.10. The predicted molar refractivity (Wildman–Crippen MR) is 121 cm³/mol. The first kappa shape index (κ1) is 22.4. The van der Waals surface area contributed by atoms with Gasteiger partial charge in [-0.15, -0.1) is 0 Å². The van der Waals surface area contributed by atoms with Crippen LogP contribution in [0.15, 0.2) is 48.5 Å². The molecule has 2 aromatic carbocycles. The second-order valence-electron chi connectivity index (χ2n) is 6.46. The zero-order valence-corrected chi connectivity index (χ0v) is 17.6. The number of anilines is 2. The molecule has 29 heavy (non-hydrogen) atoms. The summed E-state index contributed by atoms with van der Waals surface area (Å²) < 4.78 is 5.41. The highest BCUT2D eigenvalue weighted by Crippen LogP contribution is 2.16. The van der Waals surface area contributed by atoms with Crippen molar-refractivity contribution < 1.29 is 14.3 Å². The summed E-state index contributed by atoms with van der Waals surface area (Å²) in [5.74, 6) is 0.284. The van der Waals surface area contributed by atoms with E-state index in [2.05, 4.69) is 22.9 Å². The molecule has 0 fully saturated rings. The average molecular weight is 414 g/mol. The molecule has 0 aromatic heterocycles. The molecule has 2 rings (SSSR count). The van der Waals surface area contributed by atoms with Gasteiger partial charge < -0.3 is 15.4 Å². The SMILES string of the molecule is CCCCCC(=O)Nc1cccc(NC(=S)NC(=O)c2cccc(OCC)c2)c1. The molecule has 0 aliphatic rings. The zero-order valence-electron chi connectivity index (χ0n) is 16.8. The van der Waals surface area contributed by atoms with Crippen molar-refractivity contribution in [3.63, 3.8) is 0 Å². The maximum atomic E-state index is 12.4. The van der Waals surface area contributed by atoms with Gasteiger partial charge in [-0.05, 0) is 62.0 Å². The average Bonchev–Trinajstić information content (AvgIpc) is 2.69. The lowest BCUT2D eigenvalue weighted by atomic mass is 10.2. The number of amides is 2. The van der Waals surface area contributed by atoms with Crippen molar-refractivity contribution in [2.75, 3.05) is 17.2 Å². The number of ether oxygens (including phenoxy) is 1. The highest BCUT2D eigenvalue weighted by atomic mass is 32.1. The van der Waals surface area contributed by atoms with E-state index in [4.69, 9.17) is 17.0 Å². The van der Waals surface area contributed by atoms with Gasteiger partial charge in [0.1, 0.15) is 5.75 Å². The van der Waals surface area contributed by atoms with Crippen molar-refractivity contribution in [3.8, 4) is 5.75 Å². The molecule has 7 heteroatoms. The molecular formula is C22H27N3O3S. The van der Waals surface area contributed by atoms with Crippen LogP contribution < -0.4 is 20.7 Å². The second-order valence-corrected chi connectivity index (χ2v) is 6.86. The molecule has 0 radical (unpaired) electrons. The molecular weight excluding hydrogens is 386 g/mol. The van der Waals surface area contributed by atoms with E-state index in [-0.39, 0.29) is 16.9 Å². The van der Waals surface area contributed by atoms with E-state index in [0.29, 0.717) is 35.7 Å². The van der Waals surface area contributed by atoms with Crippen molar-refractivity contribution in [3.05, 3.63) is 54.1 Å². The molecule has 0 aliphatic carbocycles. The Kier molecular flexibility index (Phi) is 9.11. The minimum absolute atomic E-state index is 0.0133. The fourth-order valence-corrected chi connectivity index (χ4v) is 2.88. The summed E-state index contributed by atoms with van der Waals surface area (Å²) in [6, 6.07) is 14.1. The first-order valence-corrected chi connectivity index (χ1v) is 10.2. The number of thiocarbonyl (C=S) groups is 1. The standard InChI is InChI=1S/C22H27N3O3S/c1-3-5-6-13-20(26)23-17-10-8-11-18(15-17)24-22(29)25-21(27)16-9-7-12-19(14-16)28-4-2/h7-12,14-15H,3-6,13H2,1-2H3,(H,23,26)(H2,24,25,27,29). The van der Waals surface area contributed by atoms with E-state index >= 15 is 0 Å². The van der Waals surface area contributed by atoms with Crippen molar-refractivity contribution in [1.29, 1.82) is 0 Å². The number of hydrogen-bond acceptors (Lipinski definition) is 4. The lowest BCUT2D eigenvalue weighted by Crippen LogP contribution is -2.34. The Morgan fingerprint density at radius 2 is 1.69 bits per heavy atom. The fraction of sp³-hybridized carbons (Fsp3) is 0.318. The normalized spacial score (nSPS) is 10.1. The van der Waals surface area contributed by atoms with E-state index in [9.17, 15) is 9.59 Å². The minimum atomic E-state index is -0.329. The highest BCUT2D eigenvalue weighted by molar-refractivity contribution is 7.80. The molecule has 0 bridgehead atoms. The third kappa shape index (κ3) is 7.91. The van der Waals surface area contributed by atoms with E-state index < -0.39 is 0 Å². The van der Waals surface area contributed by atoms with Gasteiger partial charge >= 0.3 is 0 Å². The fourth-order valence-electron chi connectivity index (χ4n) is 2.67. The monoisotopic (exact) mass is 413 g/mol. The molecule has 154 valence electrons. The van der Waals surface area contributed by atoms with Crippen molar-refractivity contribution in [2.45, 2.75) is 39.5 Å². The van der Waals surface area contributed by atoms with Crippen LogP contribution in [0.5, 0.6) is 5.75 Å². The van der Waals surface area contributed by atoms with Crippen LogP contribution in [0.2, 0.25) is 0 Å². The topological polar surface area (TPSA) is 79.5 Å². The summed E-state index contributed by atoms with van der Waals surface area (Å²) in [4.78, 5) is 24.4. The number of carbonyl (C=O) groups excluding carboxylic acids is 2. The van der Waals surface area contributed by atoms with Gasteiger partial charge in [0.15, 0.2) is 5.11 Å². The molecule has 0 saturated heterocycles. The summed E-state index contributed by atoms with van der Waals surface area (Å²) in [6.45, 7) is 4.51. The van der Waals surface area contributed by atoms with Crippen LogP contribution in [0.3, 0.4) is 0 Å². The Morgan fingerprint density at radius 1 is 0.966 bits per heavy atom. The number of nitrogens with one attached hydrogen (secondary N) is 3. The predicted octanol–water partition coefficient (Wildman–Crippen LogP) is 4.73. The first-order chi connectivity index (χ1) is 14.0. The molecule has 2 aromatic rings. The van der Waals surface area contributed by atoms with Gasteiger partial charge in [0, 0.05) is 23.4 Å². The Bertz CT molecular complexity index is 855. The summed E-state index contributed by atoms with van der Waals surface area (Å²) >= 11 is 5.24. The van der Waals surface area contributed by atoms with Gasteiger partial charge in [0.05, 0.1) is 6.61 Å². The summed E-state index contributed by atoms with van der Waals surface area (Å²) in [7, 11) is 0. The smallest absolute Gasteiger partial charge is 0.257 e. The molecule has 0 saturated carbocycles. The molecule has 2 amide bonds. The molecule has 0 heterocycles. The lowest BCUT2D eigenvalue weighted by molar-refractivity contribution is -0.116. The maximum absolute atomic E-state index is 12.4. The molecule has 0 unspecified atom stereocenters. The van der Waals surface area contributed by atoms with Crippen molar-refractivity contribution in [2.24, 2.45) is 0 Å². The Hall–Kier alpha value is -2.93. The number of hydrogen-bond donors (Lipinski definition) is 3. The van der Waals surface area contributed by atoms with Gasteiger partial charge in [-0.3, -0.25) is 14.9 Å². The first-order valence-electron chi connectivity index (χ1n) is 9.77. The van der Waals surface area contributed by atoms with Gasteiger partial charge in [-0.1, -0.05) is 31.9 Å². The minimum Gasteiger partial charge on any atom is -0.494 e. The summed E-state index contributed by atoms with van der Waals surface area (Å²) in [5, 5.41) is 8.66. The van der Waals surface area contributed by atoms with E-state index in [1.165, 1.54) is 0 Å². The quantitative estimate of drug-likeness (QED) is 0.409. The molecule has 6 nitrogen and oxygen atoms in total. The molecule has 0 aliphatic heterocycles. The van der Waals surface area contributed by atoms with E-state index in [0.717, 1.165) is 19.3 Å². The summed E-state index contributed by atoms with van der Waals surface area (Å²) in [5.41, 5.74) is 1.80. The van der Waals surface area contributed by atoms with Crippen molar-refractivity contribution in [1.82, 2.24) is 5.32 Å². The van der Waals surface area contributed by atoms with Gasteiger partial charge in [0.2, 0.25) is 5.91 Å². The van der Waals surface area contributed by atoms with Crippen LogP contribution in [0.25, 0.3) is 0 Å². The van der Waals surface area contributed by atoms with Gasteiger partial charge in [-0.25, -0.2) is 0 Å². The number of benzene rings is 2. The van der Waals surface area contributed by atoms with Crippen LogP contribution in [-0.2, 0) is 4.79 Å². The Balaban J connectivity index is 1.91. The number of unbranched alkanes of at least 4 members (excludes halogenated alkanes) is 2. The third-order valence-electron chi connectivity index (χ3n) is 4.05. The Morgan fingerprint density at radius 3 is 2.41 bits per heavy atom. The third-order valence-corrected chi connectivity index (χ3v) is 4.25.